The minimum atomic E-state index is -0.552. The highest BCUT2D eigenvalue weighted by molar-refractivity contribution is 6.23. The summed E-state index contributed by atoms with van der Waals surface area (Å²) in [5, 5.41) is 7.08. The molecule has 318 valence electrons. The predicted molar refractivity (Wildman–Crippen MR) is 283 cm³/mol. The van der Waals surface area contributed by atoms with Gasteiger partial charge in [-0.15, -0.1) is 0 Å². The van der Waals surface area contributed by atoms with Gasteiger partial charge in [0.05, 0.1) is 27.8 Å². The highest BCUT2D eigenvalue weighted by Gasteiger charge is 2.47. The number of furan rings is 1. The van der Waals surface area contributed by atoms with Crippen molar-refractivity contribution in [3.05, 3.63) is 277 Å². The van der Waals surface area contributed by atoms with Crippen LogP contribution in [0.3, 0.4) is 0 Å². The minimum absolute atomic E-state index is 0.552. The Hall–Kier alpha value is -8.92. The molecule has 2 aromatic heterocycles. The van der Waals surface area contributed by atoms with Gasteiger partial charge in [-0.3, -0.25) is 0 Å². The number of fused-ring (bicyclic) bond motifs is 11. The fourth-order valence-corrected chi connectivity index (χ4v) is 11.6. The fraction of sp³-hybridized carbons (Fsp3) is 0.0154. The van der Waals surface area contributed by atoms with Crippen LogP contribution in [0.4, 0.5) is 17.1 Å². The van der Waals surface area contributed by atoms with Gasteiger partial charge in [-0.1, -0.05) is 200 Å². The summed E-state index contributed by atoms with van der Waals surface area (Å²) in [4.78, 5) is 2.45. The Bertz CT molecular complexity index is 3980. The lowest BCUT2D eigenvalue weighted by Crippen LogP contribution is -2.28. The first-order valence-electron chi connectivity index (χ1n) is 23.4. The zero-order valence-electron chi connectivity index (χ0n) is 37.1. The molecule has 14 rings (SSSR count). The van der Waals surface area contributed by atoms with Crippen molar-refractivity contribution in [2.24, 2.45) is 0 Å². The van der Waals surface area contributed by atoms with Crippen LogP contribution in [0, 0.1) is 0 Å². The zero-order chi connectivity index (χ0) is 44.8. The molecular weight excluding hydrogens is 825 g/mol. The number of anilines is 3. The van der Waals surface area contributed by atoms with E-state index in [1.165, 1.54) is 60.6 Å². The number of para-hydroxylation sites is 3. The van der Waals surface area contributed by atoms with Gasteiger partial charge in [0.1, 0.15) is 5.58 Å². The molecule has 1 aliphatic carbocycles. The van der Waals surface area contributed by atoms with Gasteiger partial charge in [0, 0.05) is 38.5 Å². The normalized spacial score (nSPS) is 12.8. The Kier molecular flexibility index (Phi) is 8.50. The second-order valence-electron chi connectivity index (χ2n) is 17.9. The number of rotatable bonds is 7. The molecule has 0 saturated carbocycles. The Morgan fingerprint density at radius 1 is 0.397 bits per heavy atom. The summed E-state index contributed by atoms with van der Waals surface area (Å²) in [5.74, 6) is 0. The lowest BCUT2D eigenvalue weighted by molar-refractivity contribution is 0.669. The molecule has 0 fully saturated rings. The van der Waals surface area contributed by atoms with Gasteiger partial charge in [-0.25, -0.2) is 0 Å². The molecule has 0 bridgehead atoms. The van der Waals surface area contributed by atoms with Crippen LogP contribution in [0.15, 0.2) is 259 Å². The van der Waals surface area contributed by atoms with Crippen LogP contribution in [0.5, 0.6) is 0 Å². The number of hydrogen-bond acceptors (Lipinski definition) is 2. The summed E-state index contributed by atoms with van der Waals surface area (Å²) in [6.07, 6.45) is 0. The third kappa shape index (κ3) is 5.54. The Balaban J connectivity index is 0.989. The second kappa shape index (κ2) is 15.1. The maximum absolute atomic E-state index is 7.03. The van der Waals surface area contributed by atoms with E-state index < -0.39 is 5.41 Å². The van der Waals surface area contributed by atoms with Gasteiger partial charge in [0.15, 0.2) is 5.58 Å². The lowest BCUT2D eigenvalue weighted by atomic mass is 9.68. The highest BCUT2D eigenvalue weighted by atomic mass is 16.3. The summed E-state index contributed by atoms with van der Waals surface area (Å²) >= 11 is 0. The molecule has 11 aromatic carbocycles. The van der Waals surface area contributed by atoms with Gasteiger partial charge in [0.2, 0.25) is 0 Å². The average molecular weight is 867 g/mol. The lowest BCUT2D eigenvalue weighted by Gasteiger charge is -2.34. The van der Waals surface area contributed by atoms with Crippen molar-refractivity contribution in [1.82, 2.24) is 4.57 Å². The van der Waals surface area contributed by atoms with E-state index >= 15 is 0 Å². The Morgan fingerprint density at radius 2 is 0.941 bits per heavy atom. The second-order valence-corrected chi connectivity index (χ2v) is 17.9. The number of aromatic nitrogens is 1. The van der Waals surface area contributed by atoms with Gasteiger partial charge in [-0.2, -0.15) is 0 Å². The van der Waals surface area contributed by atoms with Crippen molar-refractivity contribution in [1.29, 1.82) is 0 Å². The summed E-state index contributed by atoms with van der Waals surface area (Å²) in [6.45, 7) is 0. The molecule has 68 heavy (non-hydrogen) atoms. The molecule has 0 radical (unpaired) electrons. The van der Waals surface area contributed by atoms with Crippen molar-refractivity contribution >= 4 is 71.6 Å². The van der Waals surface area contributed by atoms with Crippen LogP contribution in [-0.2, 0) is 5.41 Å². The molecule has 3 nitrogen and oxygen atoms in total. The number of hydrogen-bond donors (Lipinski definition) is 0. The molecule has 0 spiro atoms. The molecule has 1 aliphatic rings. The molecule has 0 saturated heterocycles. The number of nitrogens with zero attached hydrogens (tertiary/aromatic N) is 2. The molecule has 2 heterocycles. The van der Waals surface area contributed by atoms with Crippen molar-refractivity contribution in [3.8, 4) is 27.9 Å². The predicted octanol–water partition coefficient (Wildman–Crippen LogP) is 17.3. The van der Waals surface area contributed by atoms with E-state index in [1.807, 2.05) is 0 Å². The third-order valence-corrected chi connectivity index (χ3v) is 14.5. The van der Waals surface area contributed by atoms with Crippen molar-refractivity contribution in [2.75, 3.05) is 4.90 Å². The van der Waals surface area contributed by atoms with Gasteiger partial charge >= 0.3 is 0 Å². The van der Waals surface area contributed by atoms with E-state index in [-0.39, 0.29) is 0 Å². The highest BCUT2D eigenvalue weighted by Crippen LogP contribution is 2.60. The van der Waals surface area contributed by atoms with E-state index in [0.717, 1.165) is 61.2 Å². The van der Waals surface area contributed by atoms with Crippen LogP contribution < -0.4 is 4.90 Å². The van der Waals surface area contributed by atoms with Crippen molar-refractivity contribution in [2.45, 2.75) is 5.41 Å². The van der Waals surface area contributed by atoms with Gasteiger partial charge in [-0.05, 0) is 104 Å². The van der Waals surface area contributed by atoms with Crippen LogP contribution in [-0.4, -0.2) is 4.57 Å². The van der Waals surface area contributed by atoms with Crippen LogP contribution in [0.1, 0.15) is 22.3 Å². The average Bonchev–Trinajstić information content (AvgIpc) is 4.07. The van der Waals surface area contributed by atoms with Gasteiger partial charge in [0.25, 0.3) is 0 Å². The van der Waals surface area contributed by atoms with Crippen molar-refractivity contribution in [3.63, 3.8) is 0 Å². The van der Waals surface area contributed by atoms with E-state index in [1.54, 1.807) is 0 Å². The SMILES string of the molecule is c1ccc(C2(c3ccccc3)c3ccccc3-c3c(N(c4ccc(-c5ccc(-n6c7ccccc7c7ccccc76)cc5)cc4)c4cc5ccccc5c5c4oc4ccccc45)cccc32)cc1. The van der Waals surface area contributed by atoms with Gasteiger partial charge < -0.3 is 13.9 Å². The first kappa shape index (κ1) is 38.4. The number of benzene rings is 11. The molecule has 0 amide bonds. The summed E-state index contributed by atoms with van der Waals surface area (Å²) in [5.41, 5.74) is 17.6. The molecule has 0 unspecified atom stereocenters. The molecule has 0 aliphatic heterocycles. The van der Waals surface area contributed by atoms with E-state index in [2.05, 4.69) is 264 Å². The summed E-state index contributed by atoms with van der Waals surface area (Å²) in [6, 6.07) is 92.9. The van der Waals surface area contributed by atoms with Crippen LogP contribution >= 0.6 is 0 Å². The largest absolute Gasteiger partial charge is 0.454 e. The maximum atomic E-state index is 7.03. The smallest absolute Gasteiger partial charge is 0.160 e. The topological polar surface area (TPSA) is 21.3 Å². The summed E-state index contributed by atoms with van der Waals surface area (Å²) < 4.78 is 9.40. The third-order valence-electron chi connectivity index (χ3n) is 14.5. The first-order chi connectivity index (χ1) is 33.8. The zero-order valence-corrected chi connectivity index (χ0v) is 37.1. The Labute approximate surface area is 394 Å². The van der Waals surface area contributed by atoms with Crippen LogP contribution in [0.25, 0.3) is 82.5 Å². The quantitative estimate of drug-likeness (QED) is 0.159. The molecular formula is C65H42N2O. The first-order valence-corrected chi connectivity index (χ1v) is 23.4. The van der Waals surface area contributed by atoms with E-state index in [4.69, 9.17) is 4.42 Å². The molecule has 0 N–H and O–H groups in total. The van der Waals surface area contributed by atoms with Crippen molar-refractivity contribution < 1.29 is 4.42 Å². The standard InChI is InChI=1S/C65H42N2O/c1-3-19-46(20-4-1)65(47-21-5-2-6-22-47)55-28-13-9-26-53(55)63-56(65)29-17-32-59(63)67(60-42-45-18-7-8-23-50(45)62-54-27-12-16-33-61(54)68-64(60)62)49-40-36-44(37-41-49)43-34-38-48(39-35-43)66-57-30-14-10-24-51(57)52-25-11-15-31-58(52)66/h1-42H. The van der Waals surface area contributed by atoms with E-state index in [9.17, 15) is 0 Å². The Morgan fingerprint density at radius 3 is 1.63 bits per heavy atom. The maximum Gasteiger partial charge on any atom is 0.160 e. The fourth-order valence-electron chi connectivity index (χ4n) is 11.6. The monoisotopic (exact) mass is 866 g/mol. The molecule has 3 heteroatoms. The summed E-state index contributed by atoms with van der Waals surface area (Å²) in [7, 11) is 0. The molecule has 0 atom stereocenters. The van der Waals surface area contributed by atoms with E-state index in [0.29, 0.717) is 0 Å². The minimum Gasteiger partial charge on any atom is -0.454 e. The van der Waals surface area contributed by atoms with Crippen LogP contribution in [0.2, 0.25) is 0 Å². The molecule has 13 aromatic rings.